The van der Waals surface area contributed by atoms with Crippen LogP contribution in [0.2, 0.25) is 0 Å². The molecule has 0 heterocycles. The van der Waals surface area contributed by atoms with Crippen LogP contribution >= 0.6 is 0 Å². The fourth-order valence-electron chi connectivity index (χ4n) is 2.65. The Bertz CT molecular complexity index is 275. The molecule has 0 aliphatic heterocycles. The number of hydrogen-bond donors (Lipinski definition) is 0. The summed E-state index contributed by atoms with van der Waals surface area (Å²) in [6.45, 7) is 6.96. The largest absolute Gasteiger partial charge is 0.0654 e. The quantitative estimate of drug-likeness (QED) is 0.532. The van der Waals surface area contributed by atoms with E-state index in [0.717, 1.165) is 11.8 Å². The van der Waals surface area contributed by atoms with Gasteiger partial charge in [-0.05, 0) is 30.2 Å². The summed E-state index contributed by atoms with van der Waals surface area (Å²) >= 11 is 0. The van der Waals surface area contributed by atoms with Gasteiger partial charge in [0.2, 0.25) is 0 Å². The molecular weight excluding hydrogens is 204 g/mol. The molecule has 2 atom stereocenters. The van der Waals surface area contributed by atoms with E-state index in [1.54, 1.807) is 0 Å². The maximum absolute atomic E-state index is 2.35. The van der Waals surface area contributed by atoms with Crippen LogP contribution in [-0.2, 0) is 0 Å². The maximum atomic E-state index is 2.35. The SMILES string of the molecule is CCCCC(CC)CC(CC)c1ccccc1. The molecule has 0 radical (unpaired) electrons. The third-order valence-electron chi connectivity index (χ3n) is 3.92. The summed E-state index contributed by atoms with van der Waals surface area (Å²) in [5, 5.41) is 0. The molecular formula is C17H28. The van der Waals surface area contributed by atoms with Gasteiger partial charge in [0.25, 0.3) is 0 Å². The molecule has 0 aliphatic rings. The molecule has 0 fully saturated rings. The zero-order valence-electron chi connectivity index (χ0n) is 11.8. The predicted molar refractivity (Wildman–Crippen MR) is 77.4 cm³/mol. The van der Waals surface area contributed by atoms with E-state index >= 15 is 0 Å². The van der Waals surface area contributed by atoms with Crippen molar-refractivity contribution in [3.8, 4) is 0 Å². The van der Waals surface area contributed by atoms with Crippen LogP contribution in [0.3, 0.4) is 0 Å². The van der Waals surface area contributed by atoms with Crippen LogP contribution in [0.15, 0.2) is 30.3 Å². The second kappa shape index (κ2) is 8.33. The van der Waals surface area contributed by atoms with Crippen molar-refractivity contribution < 1.29 is 0 Å². The van der Waals surface area contributed by atoms with Gasteiger partial charge in [-0.1, -0.05) is 76.8 Å². The van der Waals surface area contributed by atoms with Crippen molar-refractivity contribution in [1.82, 2.24) is 0 Å². The Hall–Kier alpha value is -0.780. The van der Waals surface area contributed by atoms with Crippen molar-refractivity contribution in [2.45, 2.75) is 65.2 Å². The summed E-state index contributed by atoms with van der Waals surface area (Å²) in [6, 6.07) is 11.0. The van der Waals surface area contributed by atoms with Gasteiger partial charge in [0, 0.05) is 0 Å². The second-order valence-electron chi connectivity index (χ2n) is 5.17. The topological polar surface area (TPSA) is 0 Å². The van der Waals surface area contributed by atoms with Crippen molar-refractivity contribution in [3.05, 3.63) is 35.9 Å². The summed E-state index contributed by atoms with van der Waals surface area (Å²) < 4.78 is 0. The Kier molecular flexibility index (Phi) is 7.00. The lowest BCUT2D eigenvalue weighted by molar-refractivity contribution is 0.380. The first kappa shape index (κ1) is 14.3. The van der Waals surface area contributed by atoms with Crippen LogP contribution in [0, 0.1) is 5.92 Å². The number of rotatable bonds is 8. The average Bonchev–Trinajstić information content (AvgIpc) is 2.40. The van der Waals surface area contributed by atoms with Gasteiger partial charge in [-0.15, -0.1) is 0 Å². The van der Waals surface area contributed by atoms with Crippen LogP contribution in [0.4, 0.5) is 0 Å². The van der Waals surface area contributed by atoms with E-state index in [9.17, 15) is 0 Å². The Morgan fingerprint density at radius 3 is 2.18 bits per heavy atom. The van der Waals surface area contributed by atoms with Gasteiger partial charge in [-0.25, -0.2) is 0 Å². The average molecular weight is 232 g/mol. The molecule has 0 saturated heterocycles. The summed E-state index contributed by atoms with van der Waals surface area (Å²) in [6.07, 6.45) is 8.12. The molecule has 0 spiro atoms. The molecule has 0 heteroatoms. The lowest BCUT2D eigenvalue weighted by Crippen LogP contribution is -2.07. The number of benzene rings is 1. The standard InChI is InChI=1S/C17H28/c1-4-7-11-15(5-2)14-16(6-3)17-12-9-8-10-13-17/h8-10,12-13,15-16H,4-7,11,14H2,1-3H3. The predicted octanol–water partition coefficient (Wildman–Crippen LogP) is 5.79. The third-order valence-corrected chi connectivity index (χ3v) is 3.92. The van der Waals surface area contributed by atoms with Crippen LogP contribution in [0.1, 0.15) is 70.8 Å². The molecule has 96 valence electrons. The van der Waals surface area contributed by atoms with Gasteiger partial charge in [-0.2, -0.15) is 0 Å². The van der Waals surface area contributed by atoms with E-state index in [0.29, 0.717) is 0 Å². The molecule has 1 aromatic carbocycles. The monoisotopic (exact) mass is 232 g/mol. The zero-order chi connectivity index (χ0) is 12.5. The highest BCUT2D eigenvalue weighted by Crippen LogP contribution is 2.30. The van der Waals surface area contributed by atoms with Gasteiger partial charge in [-0.3, -0.25) is 0 Å². The molecule has 0 nitrogen and oxygen atoms in total. The fraction of sp³-hybridized carbons (Fsp3) is 0.647. The Morgan fingerprint density at radius 1 is 0.941 bits per heavy atom. The first-order valence-electron chi connectivity index (χ1n) is 7.36. The highest BCUT2D eigenvalue weighted by molar-refractivity contribution is 5.19. The third kappa shape index (κ3) is 4.93. The van der Waals surface area contributed by atoms with Gasteiger partial charge >= 0.3 is 0 Å². The Labute approximate surface area is 107 Å². The van der Waals surface area contributed by atoms with E-state index in [2.05, 4.69) is 51.1 Å². The summed E-state index contributed by atoms with van der Waals surface area (Å²) in [5.41, 5.74) is 1.53. The molecule has 0 amide bonds. The number of unbranched alkanes of at least 4 members (excludes halogenated alkanes) is 1. The van der Waals surface area contributed by atoms with Gasteiger partial charge < -0.3 is 0 Å². The summed E-state index contributed by atoms with van der Waals surface area (Å²) in [4.78, 5) is 0. The van der Waals surface area contributed by atoms with Crippen molar-refractivity contribution >= 4 is 0 Å². The van der Waals surface area contributed by atoms with E-state index in [1.165, 1.54) is 44.1 Å². The summed E-state index contributed by atoms with van der Waals surface area (Å²) in [7, 11) is 0. The molecule has 0 bridgehead atoms. The van der Waals surface area contributed by atoms with Crippen LogP contribution in [0.25, 0.3) is 0 Å². The molecule has 1 rings (SSSR count). The van der Waals surface area contributed by atoms with Gasteiger partial charge in [0.1, 0.15) is 0 Å². The Morgan fingerprint density at radius 2 is 1.65 bits per heavy atom. The smallest absolute Gasteiger partial charge is 0.0162 e. The van der Waals surface area contributed by atoms with Crippen molar-refractivity contribution in [3.63, 3.8) is 0 Å². The van der Waals surface area contributed by atoms with Crippen molar-refractivity contribution in [2.24, 2.45) is 5.92 Å². The van der Waals surface area contributed by atoms with Crippen LogP contribution in [0.5, 0.6) is 0 Å². The second-order valence-corrected chi connectivity index (χ2v) is 5.17. The molecule has 0 saturated carbocycles. The Balaban J connectivity index is 2.56. The first-order valence-corrected chi connectivity index (χ1v) is 7.36. The molecule has 2 unspecified atom stereocenters. The molecule has 17 heavy (non-hydrogen) atoms. The normalized spacial score (nSPS) is 14.5. The lowest BCUT2D eigenvalue weighted by Gasteiger charge is -2.22. The van der Waals surface area contributed by atoms with Gasteiger partial charge in [0.05, 0.1) is 0 Å². The minimum absolute atomic E-state index is 0.762. The highest BCUT2D eigenvalue weighted by Gasteiger charge is 2.15. The van der Waals surface area contributed by atoms with Gasteiger partial charge in [0.15, 0.2) is 0 Å². The lowest BCUT2D eigenvalue weighted by atomic mass is 9.83. The molecule has 0 aliphatic carbocycles. The van der Waals surface area contributed by atoms with Crippen LogP contribution in [-0.4, -0.2) is 0 Å². The minimum atomic E-state index is 0.762. The molecule has 0 N–H and O–H groups in total. The minimum Gasteiger partial charge on any atom is -0.0654 e. The maximum Gasteiger partial charge on any atom is -0.0162 e. The molecule has 0 aromatic heterocycles. The van der Waals surface area contributed by atoms with E-state index in [1.807, 2.05) is 0 Å². The number of hydrogen-bond acceptors (Lipinski definition) is 0. The first-order chi connectivity index (χ1) is 8.31. The van der Waals surface area contributed by atoms with Crippen molar-refractivity contribution in [2.75, 3.05) is 0 Å². The van der Waals surface area contributed by atoms with Crippen molar-refractivity contribution in [1.29, 1.82) is 0 Å². The van der Waals surface area contributed by atoms with E-state index < -0.39 is 0 Å². The van der Waals surface area contributed by atoms with E-state index in [-0.39, 0.29) is 0 Å². The van der Waals surface area contributed by atoms with Crippen LogP contribution < -0.4 is 0 Å². The fourth-order valence-corrected chi connectivity index (χ4v) is 2.65. The summed E-state index contributed by atoms with van der Waals surface area (Å²) in [5.74, 6) is 1.68. The zero-order valence-corrected chi connectivity index (χ0v) is 11.8. The van der Waals surface area contributed by atoms with E-state index in [4.69, 9.17) is 0 Å². The highest BCUT2D eigenvalue weighted by atomic mass is 14.2. The molecule has 1 aromatic rings.